The fourth-order valence-corrected chi connectivity index (χ4v) is 5.19. The monoisotopic (exact) mass is 527 g/mol. The molecule has 0 radical (unpaired) electrons. The summed E-state index contributed by atoms with van der Waals surface area (Å²) in [6.07, 6.45) is -0.691. The van der Waals surface area contributed by atoms with E-state index in [0.717, 1.165) is 23.7 Å². The van der Waals surface area contributed by atoms with Crippen molar-refractivity contribution in [3.8, 4) is 10.8 Å². The van der Waals surface area contributed by atoms with E-state index in [1.807, 2.05) is 0 Å². The molecule has 3 aromatic rings. The summed E-state index contributed by atoms with van der Waals surface area (Å²) in [6.45, 7) is 4.26. The van der Waals surface area contributed by atoms with E-state index in [0.29, 0.717) is 21.6 Å². The number of halogens is 3. The minimum Gasteiger partial charge on any atom is -0.485 e. The summed E-state index contributed by atoms with van der Waals surface area (Å²) in [5, 5.41) is 0.478. The van der Waals surface area contributed by atoms with E-state index in [1.54, 1.807) is 22.8 Å². The van der Waals surface area contributed by atoms with Crippen molar-refractivity contribution in [1.29, 1.82) is 0 Å². The molecule has 1 aromatic carbocycles. The highest BCUT2D eigenvalue weighted by Crippen LogP contribution is 2.36. The summed E-state index contributed by atoms with van der Waals surface area (Å²) in [5.41, 5.74) is 6.36. The third-order valence-electron chi connectivity index (χ3n) is 5.16. The van der Waals surface area contributed by atoms with Gasteiger partial charge in [0.15, 0.2) is 9.84 Å². The van der Waals surface area contributed by atoms with Crippen LogP contribution >= 0.6 is 11.3 Å². The molecule has 3 rings (SSSR count). The molecule has 188 valence electrons. The van der Waals surface area contributed by atoms with Crippen molar-refractivity contribution in [2.45, 2.75) is 38.8 Å². The predicted molar refractivity (Wildman–Crippen MR) is 130 cm³/mol. The van der Waals surface area contributed by atoms with Gasteiger partial charge >= 0.3 is 6.18 Å². The normalized spacial score (nSPS) is 14.4. The van der Waals surface area contributed by atoms with E-state index in [2.05, 4.69) is 4.98 Å². The number of primary amides is 1. The number of benzene rings is 1. The maximum Gasteiger partial charge on any atom is 0.416 e. The van der Waals surface area contributed by atoms with Crippen LogP contribution in [0.3, 0.4) is 0 Å². The van der Waals surface area contributed by atoms with Crippen molar-refractivity contribution in [2.75, 3.05) is 6.26 Å². The van der Waals surface area contributed by atoms with Gasteiger partial charge in [-0.1, -0.05) is 18.2 Å². The van der Waals surface area contributed by atoms with Gasteiger partial charge in [0, 0.05) is 12.3 Å². The van der Waals surface area contributed by atoms with Gasteiger partial charge in [0.25, 0.3) is 5.91 Å². The van der Waals surface area contributed by atoms with Crippen LogP contribution in [0.15, 0.2) is 53.9 Å². The second-order valence-electron chi connectivity index (χ2n) is 8.00. The molecule has 7 nitrogen and oxygen atoms in total. The van der Waals surface area contributed by atoms with Crippen LogP contribution in [0, 0.1) is 0 Å². The van der Waals surface area contributed by atoms with Gasteiger partial charge in [-0.05, 0) is 44.0 Å². The van der Waals surface area contributed by atoms with Gasteiger partial charge in [-0.3, -0.25) is 9.36 Å². The molecule has 0 spiro atoms. The van der Waals surface area contributed by atoms with Crippen LogP contribution in [-0.2, 0) is 15.6 Å². The predicted octanol–water partition coefficient (Wildman–Crippen LogP) is 4.95. The highest BCUT2D eigenvalue weighted by Gasteiger charge is 2.35. The molecule has 2 aromatic heterocycles. The van der Waals surface area contributed by atoms with Gasteiger partial charge in [-0.2, -0.15) is 13.2 Å². The number of ether oxygens (including phenoxy) is 1. The summed E-state index contributed by atoms with van der Waals surface area (Å²) in [6, 6.07) is 6.53. The molecule has 0 saturated heterocycles. The first kappa shape index (κ1) is 26.5. The zero-order valence-corrected chi connectivity index (χ0v) is 21.0. The molecule has 0 saturated carbocycles. The summed E-state index contributed by atoms with van der Waals surface area (Å²) >= 11 is 0.990. The van der Waals surface area contributed by atoms with Gasteiger partial charge < -0.3 is 10.5 Å². The Morgan fingerprint density at radius 3 is 2.57 bits per heavy atom. The van der Waals surface area contributed by atoms with E-state index in [9.17, 15) is 26.4 Å². The quantitative estimate of drug-likeness (QED) is 0.418. The molecule has 0 unspecified atom stereocenters. The average Bonchev–Trinajstić information content (AvgIpc) is 3.33. The smallest absolute Gasteiger partial charge is 0.416 e. The van der Waals surface area contributed by atoms with Crippen LogP contribution in [-0.4, -0.2) is 42.4 Å². The molecule has 1 atom stereocenters. The molecule has 2 N–H and O–H groups in total. The number of carbonyl (C=O) groups excluding carboxylic acids is 1. The number of alkyl halides is 3. The lowest BCUT2D eigenvalue weighted by atomic mass is 10.0. The number of rotatable bonds is 8. The maximum absolute atomic E-state index is 13.5. The Kier molecular flexibility index (Phi) is 7.46. The standard InChI is InChI=1S/C23H24F3N3O4S2/c1-5-6-16(23(24,25)26)13(2)14(3)33-19-10-20(34-21(19)22(27)30)29-12-28-17-8-7-15(9-18(17)29)11-35(4,31)32/h5-10,12,14H,11H2,1-4H3,(H2,27,30)/b6-5-,16-13-/t14-/m1/s1. The van der Waals surface area contributed by atoms with Crippen LogP contribution < -0.4 is 10.5 Å². The largest absolute Gasteiger partial charge is 0.485 e. The number of aromatic nitrogens is 2. The van der Waals surface area contributed by atoms with Gasteiger partial charge in [-0.15, -0.1) is 11.3 Å². The Bertz CT molecular complexity index is 1430. The Morgan fingerprint density at radius 1 is 1.31 bits per heavy atom. The van der Waals surface area contributed by atoms with E-state index in [4.69, 9.17) is 10.5 Å². The molecule has 0 aliphatic carbocycles. The Hall–Kier alpha value is -3.12. The summed E-state index contributed by atoms with van der Waals surface area (Å²) < 4.78 is 71.2. The Balaban J connectivity index is 2.04. The second-order valence-corrected chi connectivity index (χ2v) is 11.2. The van der Waals surface area contributed by atoms with Gasteiger partial charge in [0.05, 0.1) is 22.4 Å². The van der Waals surface area contributed by atoms with Gasteiger partial charge in [0.1, 0.15) is 28.1 Å². The lowest BCUT2D eigenvalue weighted by Crippen LogP contribution is -2.21. The molecular formula is C23H24F3N3O4S2. The van der Waals surface area contributed by atoms with Crippen molar-refractivity contribution >= 4 is 38.1 Å². The average molecular weight is 528 g/mol. The molecule has 0 aliphatic rings. The van der Waals surface area contributed by atoms with Crippen molar-refractivity contribution in [3.05, 3.63) is 64.3 Å². The Morgan fingerprint density at radius 2 is 2.00 bits per heavy atom. The fraction of sp³-hybridized carbons (Fsp3) is 0.304. The molecule has 35 heavy (non-hydrogen) atoms. The van der Waals surface area contributed by atoms with Crippen LogP contribution in [0.25, 0.3) is 16.0 Å². The minimum absolute atomic E-state index is 0.0355. The number of amides is 1. The van der Waals surface area contributed by atoms with Crippen molar-refractivity contribution < 1.29 is 31.1 Å². The number of hydrogen-bond donors (Lipinski definition) is 1. The van der Waals surface area contributed by atoms with Gasteiger partial charge in [-0.25, -0.2) is 13.4 Å². The molecule has 2 heterocycles. The van der Waals surface area contributed by atoms with E-state index >= 15 is 0 Å². The highest BCUT2D eigenvalue weighted by atomic mass is 32.2. The second kappa shape index (κ2) is 9.86. The molecule has 0 bridgehead atoms. The first-order valence-electron chi connectivity index (χ1n) is 10.4. The number of nitrogens with zero attached hydrogens (tertiary/aromatic N) is 2. The van der Waals surface area contributed by atoms with Crippen molar-refractivity contribution in [3.63, 3.8) is 0 Å². The zero-order chi connectivity index (χ0) is 26.1. The molecule has 0 aliphatic heterocycles. The number of allylic oxidation sites excluding steroid dienone is 3. The molecule has 12 heteroatoms. The van der Waals surface area contributed by atoms with Crippen LogP contribution in [0.1, 0.15) is 36.0 Å². The number of thiophene rings is 1. The van der Waals surface area contributed by atoms with E-state index in [-0.39, 0.29) is 22.0 Å². The van der Waals surface area contributed by atoms with Crippen molar-refractivity contribution in [1.82, 2.24) is 9.55 Å². The minimum atomic E-state index is -4.57. The lowest BCUT2D eigenvalue weighted by molar-refractivity contribution is -0.0897. The Labute approximate surface area is 204 Å². The number of hydrogen-bond acceptors (Lipinski definition) is 6. The number of carbonyl (C=O) groups is 1. The maximum atomic E-state index is 13.5. The molecular weight excluding hydrogens is 503 g/mol. The van der Waals surface area contributed by atoms with Crippen LogP contribution in [0.5, 0.6) is 5.75 Å². The summed E-state index contributed by atoms with van der Waals surface area (Å²) in [7, 11) is -3.26. The topological polar surface area (TPSA) is 104 Å². The first-order chi connectivity index (χ1) is 16.2. The first-order valence-corrected chi connectivity index (χ1v) is 13.2. The fourth-order valence-electron chi connectivity index (χ4n) is 3.48. The van der Waals surface area contributed by atoms with Crippen LogP contribution in [0.2, 0.25) is 0 Å². The summed E-state index contributed by atoms with van der Waals surface area (Å²) in [5.74, 6) is -0.909. The number of sulfone groups is 1. The van der Waals surface area contributed by atoms with Gasteiger partial charge in [0.2, 0.25) is 0 Å². The van der Waals surface area contributed by atoms with E-state index < -0.39 is 33.6 Å². The lowest BCUT2D eigenvalue weighted by Gasteiger charge is -2.19. The third kappa shape index (κ3) is 6.12. The number of fused-ring (bicyclic) bond motifs is 1. The SMILES string of the molecule is C/C=C\C(=C(/C)[C@@H](C)Oc1cc(-n2cnc3ccc(CS(C)(=O)=O)cc32)sc1C(N)=O)C(F)(F)F. The van der Waals surface area contributed by atoms with Crippen molar-refractivity contribution in [2.24, 2.45) is 5.73 Å². The summed E-state index contributed by atoms with van der Waals surface area (Å²) in [4.78, 5) is 16.4. The third-order valence-corrected chi connectivity index (χ3v) is 7.15. The molecule has 1 amide bonds. The van der Waals surface area contributed by atoms with E-state index in [1.165, 1.54) is 39.2 Å². The van der Waals surface area contributed by atoms with Crippen LogP contribution in [0.4, 0.5) is 13.2 Å². The number of nitrogens with two attached hydrogens (primary N) is 1. The number of imidazole rings is 1. The zero-order valence-electron chi connectivity index (χ0n) is 19.4. The highest BCUT2D eigenvalue weighted by molar-refractivity contribution is 7.89. The molecule has 0 fully saturated rings.